The molecule has 2 fully saturated rings. The first-order valence-electron chi connectivity index (χ1n) is 10.5. The first kappa shape index (κ1) is 22.1. The zero-order valence-electron chi connectivity index (χ0n) is 17.4. The van der Waals surface area contributed by atoms with Crippen LogP contribution in [-0.4, -0.2) is 41.5 Å². The molecule has 1 saturated carbocycles. The lowest BCUT2D eigenvalue weighted by atomic mass is 9.80. The van der Waals surface area contributed by atoms with Gasteiger partial charge >= 0.3 is 5.97 Å². The van der Waals surface area contributed by atoms with E-state index in [1.54, 1.807) is 25.1 Å². The molecule has 0 aromatic heterocycles. The largest absolute Gasteiger partial charge is 0.481 e. The summed E-state index contributed by atoms with van der Waals surface area (Å²) in [5, 5.41) is 14.0. The van der Waals surface area contributed by atoms with Gasteiger partial charge in [0.05, 0.1) is 21.0 Å². The summed E-state index contributed by atoms with van der Waals surface area (Å²) in [7, 11) is 0. The van der Waals surface area contributed by atoms with Crippen LogP contribution in [0.15, 0.2) is 48.5 Å². The highest BCUT2D eigenvalue weighted by Crippen LogP contribution is 2.55. The number of carboxylic acid groups (broad SMARTS) is 1. The predicted octanol–water partition coefficient (Wildman–Crippen LogP) is 4.46. The normalized spacial score (nSPS) is 25.1. The van der Waals surface area contributed by atoms with Crippen molar-refractivity contribution in [3.63, 3.8) is 0 Å². The Morgan fingerprint density at radius 3 is 2.32 bits per heavy atom. The van der Waals surface area contributed by atoms with Crippen LogP contribution in [0, 0.1) is 5.92 Å². The molecule has 1 amide bonds. The molecule has 5 nitrogen and oxygen atoms in total. The van der Waals surface area contributed by atoms with Crippen LogP contribution in [0.2, 0.25) is 10.0 Å². The summed E-state index contributed by atoms with van der Waals surface area (Å²) in [5.41, 5.74) is 0.556. The summed E-state index contributed by atoms with van der Waals surface area (Å²) in [6.45, 7) is 3.85. The second-order valence-electron chi connectivity index (χ2n) is 8.74. The maximum atomic E-state index is 12.2. The fraction of sp³-hybridized carbons (Fsp3) is 0.417. The molecule has 0 spiro atoms. The molecule has 2 N–H and O–H groups in total. The summed E-state index contributed by atoms with van der Waals surface area (Å²) < 4.78 is 0. The lowest BCUT2D eigenvalue weighted by Crippen LogP contribution is -2.53. The number of aliphatic carboxylic acids is 1. The molecule has 2 aromatic rings. The van der Waals surface area contributed by atoms with Gasteiger partial charge in [0, 0.05) is 26.6 Å². The van der Waals surface area contributed by atoms with Crippen LogP contribution >= 0.6 is 23.2 Å². The molecule has 1 heterocycles. The Bertz CT molecular complexity index is 990. The molecule has 4 rings (SSSR count). The number of rotatable bonds is 6. The molecule has 1 aliphatic carbocycles. The first-order chi connectivity index (χ1) is 14.8. The summed E-state index contributed by atoms with van der Waals surface area (Å²) in [6.07, 6.45) is 2.17. The fourth-order valence-corrected chi connectivity index (χ4v) is 5.37. The van der Waals surface area contributed by atoms with E-state index >= 15 is 0 Å². The molecule has 0 unspecified atom stereocenters. The molecule has 0 bridgehead atoms. The first-order valence-corrected chi connectivity index (χ1v) is 11.3. The zero-order chi connectivity index (χ0) is 22.2. The Kier molecular flexibility index (Phi) is 6.03. The lowest BCUT2D eigenvalue weighted by Gasteiger charge is -2.43. The van der Waals surface area contributed by atoms with Crippen LogP contribution in [0.4, 0.5) is 0 Å². The quantitative estimate of drug-likeness (QED) is 0.667. The smallest absolute Gasteiger partial charge is 0.314 e. The standard InChI is InChI=1S/C24H26Cl2N2O3/c1-16(29)27-23(17-5-3-2-4-6-17)9-11-28(12-10-23)15-19-14-24(19,22(30)31)18-7-8-20(25)21(26)13-18/h2-8,13,19H,9-12,14-15H2,1H3,(H,27,29)(H,30,31)/t19-,24+/m0/s1. The third-order valence-electron chi connectivity index (χ3n) is 6.85. The van der Waals surface area contributed by atoms with Crippen molar-refractivity contribution in [1.82, 2.24) is 10.2 Å². The van der Waals surface area contributed by atoms with Gasteiger partial charge in [0.1, 0.15) is 0 Å². The maximum Gasteiger partial charge on any atom is 0.314 e. The van der Waals surface area contributed by atoms with Gasteiger partial charge in [-0.05, 0) is 48.4 Å². The van der Waals surface area contributed by atoms with E-state index in [1.807, 2.05) is 18.2 Å². The Hall–Kier alpha value is -2.08. The molecule has 1 aliphatic heterocycles. The summed E-state index contributed by atoms with van der Waals surface area (Å²) in [6, 6.07) is 15.2. The second-order valence-corrected chi connectivity index (χ2v) is 9.55. The highest BCUT2D eigenvalue weighted by Gasteiger charge is 2.62. The lowest BCUT2D eigenvalue weighted by molar-refractivity contribution is -0.140. The number of carbonyl (C=O) groups is 2. The van der Waals surface area contributed by atoms with Crippen molar-refractivity contribution in [2.45, 2.75) is 37.1 Å². The van der Waals surface area contributed by atoms with E-state index in [1.165, 1.54) is 0 Å². The van der Waals surface area contributed by atoms with Crippen molar-refractivity contribution in [3.05, 3.63) is 69.7 Å². The van der Waals surface area contributed by atoms with Gasteiger partial charge in [0.2, 0.25) is 5.91 Å². The Balaban J connectivity index is 1.46. The van der Waals surface area contributed by atoms with Crippen molar-refractivity contribution in [2.75, 3.05) is 19.6 Å². The minimum atomic E-state index is -0.903. The number of carboxylic acids is 1. The van der Waals surface area contributed by atoms with Gasteiger partial charge in [-0.15, -0.1) is 0 Å². The van der Waals surface area contributed by atoms with E-state index in [4.69, 9.17) is 23.2 Å². The molecular formula is C24H26Cl2N2O3. The van der Waals surface area contributed by atoms with Gasteiger partial charge in [-0.1, -0.05) is 59.6 Å². The predicted molar refractivity (Wildman–Crippen MR) is 121 cm³/mol. The number of likely N-dealkylation sites (tertiary alicyclic amines) is 1. The van der Waals surface area contributed by atoms with Gasteiger partial charge in [-0.3, -0.25) is 9.59 Å². The number of carbonyl (C=O) groups excluding carboxylic acids is 1. The summed E-state index contributed by atoms with van der Waals surface area (Å²) in [5.74, 6) is -0.832. The van der Waals surface area contributed by atoms with E-state index in [0.717, 1.165) is 31.5 Å². The van der Waals surface area contributed by atoms with E-state index in [9.17, 15) is 14.7 Å². The van der Waals surface area contributed by atoms with Gasteiger partial charge in [0.15, 0.2) is 0 Å². The number of hydrogen-bond acceptors (Lipinski definition) is 3. The topological polar surface area (TPSA) is 69.6 Å². The average molecular weight is 461 g/mol. The SMILES string of the molecule is CC(=O)NC1(c2ccccc2)CCN(C[C@@H]2C[C@@]2(C(=O)O)c2ccc(Cl)c(Cl)c2)CC1. The third-order valence-corrected chi connectivity index (χ3v) is 7.59. The molecule has 1 saturated heterocycles. The Morgan fingerprint density at radius 1 is 1.06 bits per heavy atom. The van der Waals surface area contributed by atoms with Crippen LogP contribution in [0.5, 0.6) is 0 Å². The van der Waals surface area contributed by atoms with Gasteiger partial charge < -0.3 is 15.3 Å². The molecule has 164 valence electrons. The summed E-state index contributed by atoms with van der Waals surface area (Å²) >= 11 is 12.2. The van der Waals surface area contributed by atoms with Gasteiger partial charge in [0.25, 0.3) is 0 Å². The van der Waals surface area contributed by atoms with Crippen molar-refractivity contribution in [2.24, 2.45) is 5.92 Å². The van der Waals surface area contributed by atoms with E-state index in [-0.39, 0.29) is 17.4 Å². The molecule has 0 radical (unpaired) electrons. The minimum absolute atomic E-state index is 0.0206. The van der Waals surface area contributed by atoms with Crippen LogP contribution < -0.4 is 5.32 Å². The van der Waals surface area contributed by atoms with Crippen LogP contribution in [0.3, 0.4) is 0 Å². The Morgan fingerprint density at radius 2 is 1.74 bits per heavy atom. The molecular weight excluding hydrogens is 435 g/mol. The number of hydrogen-bond donors (Lipinski definition) is 2. The number of benzene rings is 2. The number of nitrogens with one attached hydrogen (secondary N) is 1. The molecule has 31 heavy (non-hydrogen) atoms. The van der Waals surface area contributed by atoms with Crippen molar-refractivity contribution >= 4 is 35.1 Å². The molecule has 7 heteroatoms. The van der Waals surface area contributed by atoms with E-state index in [2.05, 4.69) is 22.3 Å². The zero-order valence-corrected chi connectivity index (χ0v) is 18.9. The van der Waals surface area contributed by atoms with E-state index < -0.39 is 11.4 Å². The maximum absolute atomic E-state index is 12.2. The van der Waals surface area contributed by atoms with Gasteiger partial charge in [-0.2, -0.15) is 0 Å². The third kappa shape index (κ3) is 4.19. The summed E-state index contributed by atoms with van der Waals surface area (Å²) in [4.78, 5) is 26.4. The average Bonchev–Trinajstić information content (AvgIpc) is 3.47. The number of amides is 1. The monoisotopic (exact) mass is 460 g/mol. The second kappa shape index (κ2) is 8.45. The highest BCUT2D eigenvalue weighted by molar-refractivity contribution is 6.42. The van der Waals surface area contributed by atoms with Crippen LogP contribution in [0.25, 0.3) is 0 Å². The molecule has 2 aromatic carbocycles. The number of nitrogens with zero attached hydrogens (tertiary/aromatic N) is 1. The van der Waals surface area contributed by atoms with E-state index in [0.29, 0.717) is 28.6 Å². The number of piperidine rings is 1. The minimum Gasteiger partial charge on any atom is -0.481 e. The highest BCUT2D eigenvalue weighted by atomic mass is 35.5. The Labute approximate surface area is 192 Å². The van der Waals surface area contributed by atoms with Crippen molar-refractivity contribution < 1.29 is 14.7 Å². The van der Waals surface area contributed by atoms with Gasteiger partial charge in [-0.25, -0.2) is 0 Å². The fourth-order valence-electron chi connectivity index (χ4n) is 5.07. The van der Waals surface area contributed by atoms with Crippen molar-refractivity contribution in [1.29, 1.82) is 0 Å². The van der Waals surface area contributed by atoms with Crippen LogP contribution in [0.1, 0.15) is 37.3 Å². The van der Waals surface area contributed by atoms with Crippen LogP contribution in [-0.2, 0) is 20.5 Å². The molecule has 2 aliphatic rings. The number of halogens is 2. The molecule has 2 atom stereocenters. The van der Waals surface area contributed by atoms with Crippen molar-refractivity contribution in [3.8, 4) is 0 Å².